The second kappa shape index (κ2) is 8.16. The molecule has 0 saturated heterocycles. The van der Waals surface area contributed by atoms with E-state index in [-0.39, 0.29) is 24.2 Å². The van der Waals surface area contributed by atoms with Gasteiger partial charge in [0, 0.05) is 10.8 Å². The second-order valence-electron chi connectivity index (χ2n) is 10.3. The molecule has 5 rings (SSSR count). The van der Waals surface area contributed by atoms with Crippen LogP contribution >= 0.6 is 11.3 Å². The van der Waals surface area contributed by atoms with Crippen molar-refractivity contribution < 1.29 is 34.2 Å². The van der Waals surface area contributed by atoms with Crippen molar-refractivity contribution in [3.63, 3.8) is 0 Å². The molecule has 36 heavy (non-hydrogen) atoms. The number of phenolic OH excluding ortho intramolecular Hbond substituents is 1. The number of benzene rings is 1. The summed E-state index contributed by atoms with van der Waals surface area (Å²) in [4.78, 5) is 68.4. The number of hydrogen-bond donors (Lipinski definition) is 3. The van der Waals surface area contributed by atoms with Gasteiger partial charge < -0.3 is 15.9 Å². The largest absolute Gasteiger partial charge is 0.507 e. The third-order valence-corrected chi connectivity index (χ3v) is 9.02. The minimum Gasteiger partial charge on any atom is -0.507 e. The Kier molecular flexibility index (Phi) is 5.55. The maximum atomic E-state index is 13.8. The molecule has 0 aliphatic heterocycles. The van der Waals surface area contributed by atoms with Gasteiger partial charge in [0.1, 0.15) is 5.75 Å². The van der Waals surface area contributed by atoms with E-state index in [0.29, 0.717) is 5.56 Å². The highest BCUT2D eigenvalue weighted by atomic mass is 32.1. The predicted molar refractivity (Wildman–Crippen MR) is 129 cm³/mol. The number of Topliss-reactive ketones (excluding diaryl/α,β-unsaturated/α-hetero) is 4. The first kappa shape index (κ1) is 24.5. The number of amides is 1. The number of rotatable bonds is 3. The van der Waals surface area contributed by atoms with E-state index in [1.807, 2.05) is 18.4 Å². The van der Waals surface area contributed by atoms with Crippen molar-refractivity contribution >= 4 is 40.4 Å². The van der Waals surface area contributed by atoms with E-state index in [2.05, 4.69) is 0 Å². The number of likely N-dealkylation sites (N-methyl/N-ethyl adjacent to an activating group) is 1. The van der Waals surface area contributed by atoms with Crippen LogP contribution < -0.4 is 5.73 Å². The Bertz CT molecular complexity index is 1360. The minimum absolute atomic E-state index is 0.00477. The first-order chi connectivity index (χ1) is 16.9. The van der Waals surface area contributed by atoms with E-state index in [1.165, 1.54) is 22.3 Å². The third-order valence-electron chi connectivity index (χ3n) is 7.94. The predicted octanol–water partition coefficient (Wildman–Crippen LogP) is 0.904. The normalized spacial score (nSPS) is 31.8. The number of nitrogens with zero attached hydrogens (tertiary/aromatic N) is 1. The molecule has 6 unspecified atom stereocenters. The van der Waals surface area contributed by atoms with Gasteiger partial charge >= 0.3 is 0 Å². The van der Waals surface area contributed by atoms with Crippen molar-refractivity contribution in [1.82, 2.24) is 4.90 Å². The van der Waals surface area contributed by atoms with Crippen LogP contribution in [-0.2, 0) is 25.6 Å². The second-order valence-corrected chi connectivity index (χ2v) is 11.2. The van der Waals surface area contributed by atoms with E-state index in [0.717, 1.165) is 16.0 Å². The summed E-state index contributed by atoms with van der Waals surface area (Å²) in [6.45, 7) is 1.95. The van der Waals surface area contributed by atoms with Gasteiger partial charge in [0.05, 0.1) is 17.5 Å². The molecule has 3 aliphatic rings. The summed E-state index contributed by atoms with van der Waals surface area (Å²) in [5.41, 5.74) is 5.05. The minimum atomic E-state index is -2.71. The topological polar surface area (TPSA) is 155 Å². The fourth-order valence-corrected chi connectivity index (χ4v) is 7.36. The Morgan fingerprint density at radius 3 is 2.44 bits per heavy atom. The summed E-state index contributed by atoms with van der Waals surface area (Å²) < 4.78 is 0. The zero-order valence-electron chi connectivity index (χ0n) is 20.0. The van der Waals surface area contributed by atoms with Gasteiger partial charge in [-0.3, -0.25) is 28.9 Å². The van der Waals surface area contributed by atoms with Crippen molar-refractivity contribution in [3.05, 3.63) is 40.3 Å². The van der Waals surface area contributed by atoms with Crippen molar-refractivity contribution in [2.24, 2.45) is 29.4 Å². The van der Waals surface area contributed by atoms with E-state index in [9.17, 15) is 34.2 Å². The van der Waals surface area contributed by atoms with Crippen LogP contribution in [0.3, 0.4) is 0 Å². The lowest BCUT2D eigenvalue weighted by Gasteiger charge is -2.52. The van der Waals surface area contributed by atoms with E-state index in [1.54, 1.807) is 20.2 Å². The highest BCUT2D eigenvalue weighted by molar-refractivity contribution is 7.13. The number of aliphatic hydroxyl groups is 1. The van der Waals surface area contributed by atoms with E-state index < -0.39 is 64.4 Å². The van der Waals surface area contributed by atoms with Crippen LogP contribution in [0, 0.1) is 30.6 Å². The Morgan fingerprint density at radius 1 is 1.17 bits per heavy atom. The third kappa shape index (κ3) is 3.17. The summed E-state index contributed by atoms with van der Waals surface area (Å²) in [5.74, 6) is -10.4. The van der Waals surface area contributed by atoms with Crippen molar-refractivity contribution in [3.8, 4) is 16.2 Å². The maximum Gasteiger partial charge on any atom is 0.235 e. The van der Waals surface area contributed by atoms with Crippen LogP contribution in [0.25, 0.3) is 10.4 Å². The highest BCUT2D eigenvalue weighted by Gasteiger charge is 2.69. The van der Waals surface area contributed by atoms with Gasteiger partial charge in [-0.1, -0.05) is 0 Å². The zero-order valence-corrected chi connectivity index (χ0v) is 20.8. The lowest BCUT2D eigenvalue weighted by atomic mass is 9.52. The molecule has 9 nitrogen and oxygen atoms in total. The average Bonchev–Trinajstić information content (AvgIpc) is 3.22. The Morgan fingerprint density at radius 2 is 1.86 bits per heavy atom. The summed E-state index contributed by atoms with van der Waals surface area (Å²) in [6.07, 6.45) is 0.273. The highest BCUT2D eigenvalue weighted by Crippen LogP contribution is 2.52. The number of primary amides is 1. The first-order valence-corrected chi connectivity index (χ1v) is 12.5. The number of aryl methyl sites for hydroxylation is 1. The van der Waals surface area contributed by atoms with Crippen LogP contribution in [0.5, 0.6) is 5.75 Å². The molecule has 2 aromatic rings. The molecular formula is C26H26N2O7S. The van der Waals surface area contributed by atoms with E-state index in [4.69, 9.17) is 5.73 Å². The quantitative estimate of drug-likeness (QED) is 0.515. The molecule has 188 valence electrons. The van der Waals surface area contributed by atoms with Crippen LogP contribution in [0.1, 0.15) is 27.9 Å². The molecule has 1 aromatic heterocycles. The fraction of sp³-hybridized carbons (Fsp3) is 0.423. The molecule has 0 bridgehead atoms. The van der Waals surface area contributed by atoms with Crippen molar-refractivity contribution in [1.29, 1.82) is 0 Å². The van der Waals surface area contributed by atoms with Gasteiger partial charge in [0.2, 0.25) is 5.91 Å². The average molecular weight is 511 g/mol. The number of hydrogen-bond acceptors (Lipinski definition) is 9. The first-order valence-electron chi connectivity index (χ1n) is 11.6. The number of aromatic hydroxyl groups is 1. The SMILES string of the molecule is Cc1csc(-c2ccc(O)c3c2CC2CC4C(N(C)C)C(=O)C(C(N)=O)C(=O)C4(O)C(=O)C2C3=O)c1. The number of ketones is 4. The summed E-state index contributed by atoms with van der Waals surface area (Å²) >= 11 is 1.50. The van der Waals surface area contributed by atoms with Crippen LogP contribution in [-0.4, -0.2) is 69.9 Å². The number of thiophene rings is 1. The zero-order chi connectivity index (χ0) is 26.3. The molecule has 0 radical (unpaired) electrons. The van der Waals surface area contributed by atoms with Crippen molar-refractivity contribution in [2.45, 2.75) is 31.4 Å². The molecule has 4 N–H and O–H groups in total. The number of fused-ring (bicyclic) bond motifs is 3. The maximum absolute atomic E-state index is 13.8. The van der Waals surface area contributed by atoms with Gasteiger partial charge in [-0.15, -0.1) is 11.3 Å². The number of carbonyl (C=O) groups is 5. The number of carbonyl (C=O) groups excluding carboxylic acids is 5. The molecule has 10 heteroatoms. The van der Waals surface area contributed by atoms with Gasteiger partial charge in [-0.2, -0.15) is 0 Å². The number of nitrogens with two attached hydrogens (primary N) is 1. The number of phenols is 1. The van der Waals surface area contributed by atoms with Crippen molar-refractivity contribution in [2.75, 3.05) is 14.1 Å². The Balaban J connectivity index is 1.66. The van der Waals surface area contributed by atoms with Gasteiger partial charge in [-0.25, -0.2) is 0 Å². The molecular weight excluding hydrogens is 484 g/mol. The molecule has 1 aromatic carbocycles. The van der Waals surface area contributed by atoms with Gasteiger partial charge in [0.25, 0.3) is 0 Å². The van der Waals surface area contributed by atoms with Gasteiger partial charge in [-0.05, 0) is 80.0 Å². The summed E-state index contributed by atoms with van der Waals surface area (Å²) in [5, 5.41) is 24.2. The van der Waals surface area contributed by atoms with Gasteiger partial charge in [0.15, 0.2) is 34.7 Å². The lowest BCUT2D eigenvalue weighted by molar-refractivity contribution is -0.181. The monoisotopic (exact) mass is 510 g/mol. The molecule has 6 atom stereocenters. The summed E-state index contributed by atoms with van der Waals surface area (Å²) in [7, 11) is 3.12. The summed E-state index contributed by atoms with van der Waals surface area (Å²) in [6, 6.07) is 4.00. The lowest BCUT2D eigenvalue weighted by Crippen LogP contribution is -2.74. The fourth-order valence-electron chi connectivity index (χ4n) is 6.41. The molecule has 1 amide bonds. The molecule has 1 heterocycles. The van der Waals surface area contributed by atoms with Crippen LogP contribution in [0.4, 0.5) is 0 Å². The van der Waals surface area contributed by atoms with Crippen LogP contribution in [0.2, 0.25) is 0 Å². The molecule has 2 saturated carbocycles. The standard InChI is InChI=1S/C26H26N2O7S/c1-10-6-16(36-9-10)12-4-5-15(29)18-13(12)7-11-8-14-20(28(2)3)22(31)19(25(27)34)24(33)26(14,35)23(32)17(11)21(18)30/h4-6,9,11,14,17,19-20,29,35H,7-8H2,1-3H3,(H2,27,34). The Hall–Kier alpha value is -3.21. The Labute approximate surface area is 210 Å². The smallest absolute Gasteiger partial charge is 0.235 e. The van der Waals surface area contributed by atoms with E-state index >= 15 is 0 Å². The molecule has 0 spiro atoms. The molecule has 2 fully saturated rings. The molecule has 3 aliphatic carbocycles. The van der Waals surface area contributed by atoms with Crippen LogP contribution in [0.15, 0.2) is 23.6 Å².